The van der Waals surface area contributed by atoms with Gasteiger partial charge < -0.3 is 14.6 Å². The van der Waals surface area contributed by atoms with Crippen molar-refractivity contribution in [2.75, 3.05) is 0 Å². The topological polar surface area (TPSA) is 89.9 Å². The van der Waals surface area contributed by atoms with Crippen LogP contribution in [-0.2, 0) is 23.9 Å². The number of hydrogen-bond donors (Lipinski definition) is 1. The average Bonchev–Trinajstić information content (AvgIpc) is 2.53. The molecule has 100 valence electrons. The molecular weight excluding hydrogens is 240 g/mol. The van der Waals surface area contributed by atoms with Crippen molar-refractivity contribution in [2.24, 2.45) is 0 Å². The maximum absolute atomic E-state index is 11.6. The van der Waals surface area contributed by atoms with Gasteiger partial charge in [-0.05, 0) is 25.7 Å². The number of aliphatic hydroxyl groups is 1. The molecule has 1 saturated heterocycles. The lowest BCUT2D eigenvalue weighted by Crippen LogP contribution is -2.38. The number of carbonyl (C=O) groups is 3. The number of carbonyl (C=O) groups excluding carboxylic acids is 3. The molecular formula is C12H16O6. The number of rotatable bonds is 3. The summed E-state index contributed by atoms with van der Waals surface area (Å²) in [7, 11) is 0. The molecule has 1 aliphatic carbocycles. The van der Waals surface area contributed by atoms with Crippen molar-refractivity contribution in [3.8, 4) is 0 Å². The summed E-state index contributed by atoms with van der Waals surface area (Å²) in [5.41, 5.74) is -2.04. The molecule has 18 heavy (non-hydrogen) atoms. The predicted molar refractivity (Wildman–Crippen MR) is 58.2 cm³/mol. The normalized spacial score (nSPS) is 29.2. The first-order chi connectivity index (χ1) is 8.49. The van der Waals surface area contributed by atoms with E-state index in [9.17, 15) is 19.5 Å². The van der Waals surface area contributed by atoms with Gasteiger partial charge in [0.15, 0.2) is 5.60 Å². The van der Waals surface area contributed by atoms with Crippen molar-refractivity contribution < 1.29 is 29.0 Å². The van der Waals surface area contributed by atoms with Crippen molar-refractivity contribution >= 4 is 17.9 Å². The van der Waals surface area contributed by atoms with E-state index in [1.165, 1.54) is 0 Å². The second kappa shape index (κ2) is 5.06. The van der Waals surface area contributed by atoms with Crippen LogP contribution in [-0.4, -0.2) is 34.7 Å². The summed E-state index contributed by atoms with van der Waals surface area (Å²) < 4.78 is 9.42. The molecule has 1 heterocycles. The SMILES string of the molecule is O=C1CC(O)(CC(=O)OC2CCCCC2)C(=O)O1. The van der Waals surface area contributed by atoms with E-state index in [0.717, 1.165) is 32.1 Å². The first-order valence-corrected chi connectivity index (χ1v) is 6.16. The third-order valence-corrected chi connectivity index (χ3v) is 3.31. The van der Waals surface area contributed by atoms with E-state index >= 15 is 0 Å². The Morgan fingerprint density at radius 1 is 1.33 bits per heavy atom. The summed E-state index contributed by atoms with van der Waals surface area (Å²) in [6.07, 6.45) is 3.66. The van der Waals surface area contributed by atoms with E-state index in [-0.39, 0.29) is 6.10 Å². The third-order valence-electron chi connectivity index (χ3n) is 3.31. The lowest BCUT2D eigenvalue weighted by molar-refractivity contribution is -0.166. The lowest BCUT2D eigenvalue weighted by atomic mass is 9.96. The third kappa shape index (κ3) is 2.87. The van der Waals surface area contributed by atoms with Gasteiger partial charge in [0.25, 0.3) is 0 Å². The van der Waals surface area contributed by atoms with Crippen LogP contribution in [0.4, 0.5) is 0 Å². The Morgan fingerprint density at radius 3 is 2.56 bits per heavy atom. The molecule has 0 aromatic rings. The van der Waals surface area contributed by atoms with Crippen LogP contribution in [0.3, 0.4) is 0 Å². The number of cyclic esters (lactones) is 2. The lowest BCUT2D eigenvalue weighted by Gasteiger charge is -2.23. The minimum atomic E-state index is -2.04. The number of ether oxygens (including phenoxy) is 2. The van der Waals surface area contributed by atoms with E-state index < -0.39 is 36.4 Å². The smallest absolute Gasteiger partial charge is 0.346 e. The molecule has 1 aliphatic heterocycles. The Labute approximate surface area is 104 Å². The van der Waals surface area contributed by atoms with Gasteiger partial charge in [-0.15, -0.1) is 0 Å². The first kappa shape index (κ1) is 13.0. The summed E-state index contributed by atoms with van der Waals surface area (Å²) in [5.74, 6) is -2.53. The zero-order valence-electron chi connectivity index (χ0n) is 10.0. The molecule has 0 amide bonds. The van der Waals surface area contributed by atoms with Gasteiger partial charge in [0.1, 0.15) is 6.10 Å². The summed E-state index contributed by atoms with van der Waals surface area (Å²) in [6, 6.07) is 0. The van der Waals surface area contributed by atoms with Crippen LogP contribution in [0.5, 0.6) is 0 Å². The quantitative estimate of drug-likeness (QED) is 0.582. The Hall–Kier alpha value is -1.43. The second-order valence-corrected chi connectivity index (χ2v) is 4.90. The van der Waals surface area contributed by atoms with Crippen molar-refractivity contribution in [3.05, 3.63) is 0 Å². The van der Waals surface area contributed by atoms with Gasteiger partial charge in [0.2, 0.25) is 0 Å². The highest BCUT2D eigenvalue weighted by Gasteiger charge is 2.49. The monoisotopic (exact) mass is 256 g/mol. The molecule has 0 aromatic heterocycles. The van der Waals surface area contributed by atoms with Crippen molar-refractivity contribution in [1.82, 2.24) is 0 Å². The van der Waals surface area contributed by atoms with Crippen LogP contribution < -0.4 is 0 Å². The van der Waals surface area contributed by atoms with Crippen molar-refractivity contribution in [3.63, 3.8) is 0 Å². The summed E-state index contributed by atoms with van der Waals surface area (Å²) in [4.78, 5) is 33.7. The highest BCUT2D eigenvalue weighted by Crippen LogP contribution is 2.27. The first-order valence-electron chi connectivity index (χ1n) is 6.16. The molecule has 2 fully saturated rings. The molecule has 1 N–H and O–H groups in total. The van der Waals surface area contributed by atoms with E-state index in [0.29, 0.717) is 0 Å². The van der Waals surface area contributed by atoms with Crippen LogP contribution in [0.15, 0.2) is 0 Å². The molecule has 0 radical (unpaired) electrons. The van der Waals surface area contributed by atoms with E-state index in [1.54, 1.807) is 0 Å². The standard InChI is InChI=1S/C12H16O6/c13-9(17-8-4-2-1-3-5-8)6-12(16)7-10(14)18-11(12)15/h8,16H,1-7H2. The molecule has 1 saturated carbocycles. The zero-order valence-corrected chi connectivity index (χ0v) is 10.0. The summed E-state index contributed by atoms with van der Waals surface area (Å²) in [5, 5.41) is 9.83. The van der Waals surface area contributed by atoms with Gasteiger partial charge >= 0.3 is 17.9 Å². The van der Waals surface area contributed by atoms with E-state index in [1.807, 2.05) is 0 Å². The summed E-state index contributed by atoms with van der Waals surface area (Å²) >= 11 is 0. The average molecular weight is 256 g/mol. The van der Waals surface area contributed by atoms with Gasteiger partial charge in [0, 0.05) is 0 Å². The van der Waals surface area contributed by atoms with Crippen LogP contribution in [0, 0.1) is 0 Å². The molecule has 1 atom stereocenters. The minimum Gasteiger partial charge on any atom is -0.462 e. The van der Waals surface area contributed by atoms with Crippen LogP contribution in [0.1, 0.15) is 44.9 Å². The zero-order chi connectivity index (χ0) is 13.2. The van der Waals surface area contributed by atoms with Gasteiger partial charge in [0.05, 0.1) is 12.8 Å². The fraction of sp³-hybridized carbons (Fsp3) is 0.750. The highest BCUT2D eigenvalue weighted by atomic mass is 16.6. The Bertz CT molecular complexity index is 371. The molecule has 2 rings (SSSR count). The minimum absolute atomic E-state index is 0.136. The maximum Gasteiger partial charge on any atom is 0.346 e. The highest BCUT2D eigenvalue weighted by molar-refractivity contribution is 6.01. The van der Waals surface area contributed by atoms with Crippen LogP contribution >= 0.6 is 0 Å². The molecule has 6 heteroatoms. The van der Waals surface area contributed by atoms with Crippen molar-refractivity contribution in [1.29, 1.82) is 0 Å². The fourth-order valence-corrected chi connectivity index (χ4v) is 2.33. The summed E-state index contributed by atoms with van der Waals surface area (Å²) in [6.45, 7) is 0. The number of hydrogen-bond acceptors (Lipinski definition) is 6. The predicted octanol–water partition coefficient (Wildman–Crippen LogP) is 0.457. The maximum atomic E-state index is 11.6. The Morgan fingerprint density at radius 2 is 2.00 bits per heavy atom. The van der Waals surface area contributed by atoms with Crippen LogP contribution in [0.2, 0.25) is 0 Å². The van der Waals surface area contributed by atoms with E-state index in [2.05, 4.69) is 4.74 Å². The second-order valence-electron chi connectivity index (χ2n) is 4.90. The van der Waals surface area contributed by atoms with Gasteiger partial charge in [-0.1, -0.05) is 6.42 Å². The van der Waals surface area contributed by atoms with Gasteiger partial charge in [-0.2, -0.15) is 0 Å². The Kier molecular flexibility index (Phi) is 3.65. The fourth-order valence-electron chi connectivity index (χ4n) is 2.33. The molecule has 0 spiro atoms. The van der Waals surface area contributed by atoms with Crippen LogP contribution in [0.25, 0.3) is 0 Å². The van der Waals surface area contributed by atoms with E-state index in [4.69, 9.17) is 4.74 Å². The molecule has 0 bridgehead atoms. The van der Waals surface area contributed by atoms with Crippen molar-refractivity contribution in [2.45, 2.75) is 56.7 Å². The molecule has 2 aliphatic rings. The Balaban J connectivity index is 1.86. The van der Waals surface area contributed by atoms with Gasteiger partial charge in [-0.25, -0.2) is 4.79 Å². The molecule has 6 nitrogen and oxygen atoms in total. The number of esters is 3. The van der Waals surface area contributed by atoms with Gasteiger partial charge in [-0.3, -0.25) is 9.59 Å². The molecule has 0 aromatic carbocycles. The largest absolute Gasteiger partial charge is 0.462 e. The molecule has 1 unspecified atom stereocenters.